The van der Waals surface area contributed by atoms with Gasteiger partial charge < -0.3 is 9.84 Å². The Labute approximate surface area is 198 Å². The molecule has 5 aliphatic rings. The van der Waals surface area contributed by atoms with Crippen molar-refractivity contribution in [2.75, 3.05) is 6.61 Å². The average molecular weight is 443 g/mol. The molecule has 5 rings (SSSR count). The van der Waals surface area contributed by atoms with Crippen molar-refractivity contribution >= 4 is 0 Å². The van der Waals surface area contributed by atoms with Gasteiger partial charge in [-0.2, -0.15) is 0 Å². The lowest BCUT2D eigenvalue weighted by Gasteiger charge is -2.58. The van der Waals surface area contributed by atoms with Gasteiger partial charge in [0.1, 0.15) is 0 Å². The molecule has 182 valence electrons. The third-order valence-electron chi connectivity index (χ3n) is 12.0. The summed E-state index contributed by atoms with van der Waals surface area (Å²) in [6.07, 6.45) is 20.5. The van der Waals surface area contributed by atoms with Gasteiger partial charge in [-0.15, -0.1) is 0 Å². The molecule has 0 spiro atoms. The molecule has 1 aliphatic heterocycles. The molecule has 9 atom stereocenters. The maximum absolute atomic E-state index is 10.3. The molecule has 1 unspecified atom stereocenters. The Balaban J connectivity index is 1.28. The lowest BCUT2D eigenvalue weighted by molar-refractivity contribution is -0.0928. The van der Waals surface area contributed by atoms with Gasteiger partial charge in [0.05, 0.1) is 11.7 Å². The first-order valence-corrected chi connectivity index (χ1v) is 14.3. The minimum Gasteiger partial charge on any atom is -0.393 e. The first-order valence-electron chi connectivity index (χ1n) is 14.3. The van der Waals surface area contributed by atoms with E-state index in [4.69, 9.17) is 4.74 Å². The van der Waals surface area contributed by atoms with Gasteiger partial charge in [0.2, 0.25) is 0 Å². The van der Waals surface area contributed by atoms with Crippen LogP contribution in [0.25, 0.3) is 0 Å². The average Bonchev–Trinajstić information content (AvgIpc) is 3.16. The molecule has 1 N–H and O–H groups in total. The topological polar surface area (TPSA) is 29.5 Å². The van der Waals surface area contributed by atoms with Crippen molar-refractivity contribution in [2.45, 2.75) is 129 Å². The third-order valence-corrected chi connectivity index (χ3v) is 12.0. The molecule has 2 nitrogen and oxygen atoms in total. The van der Waals surface area contributed by atoms with Gasteiger partial charge in [-0.3, -0.25) is 0 Å². The summed E-state index contributed by atoms with van der Waals surface area (Å²) in [5.74, 6) is 4.39. The molecule has 0 radical (unpaired) electrons. The Hall–Kier alpha value is -0.340. The van der Waals surface area contributed by atoms with Gasteiger partial charge in [-0.1, -0.05) is 39.3 Å². The zero-order valence-corrected chi connectivity index (χ0v) is 21.5. The number of aliphatic hydroxyl groups is 1. The molecular formula is C30H50O2. The second kappa shape index (κ2) is 8.71. The van der Waals surface area contributed by atoms with Crippen molar-refractivity contribution in [1.82, 2.24) is 0 Å². The van der Waals surface area contributed by atoms with Gasteiger partial charge in [-0.05, 0) is 130 Å². The molecule has 1 heterocycles. The number of allylic oxidation sites excluding steroid dienone is 1. The van der Waals surface area contributed by atoms with Crippen LogP contribution in [0.1, 0.15) is 118 Å². The Kier molecular flexibility index (Phi) is 6.37. The second-order valence-electron chi connectivity index (χ2n) is 13.2. The minimum atomic E-state index is -0.0870. The first-order chi connectivity index (χ1) is 15.3. The van der Waals surface area contributed by atoms with Crippen LogP contribution in [-0.4, -0.2) is 23.4 Å². The van der Waals surface area contributed by atoms with Crippen LogP contribution in [0.3, 0.4) is 0 Å². The highest BCUT2D eigenvalue weighted by atomic mass is 16.5. The fraction of sp³-hybridized carbons (Fsp3) is 0.933. The molecule has 32 heavy (non-hydrogen) atoms. The Morgan fingerprint density at radius 2 is 1.91 bits per heavy atom. The maximum Gasteiger partial charge on any atom is 0.0680 e. The van der Waals surface area contributed by atoms with E-state index in [1.54, 1.807) is 5.57 Å². The number of rotatable bonds is 5. The Morgan fingerprint density at radius 1 is 1.06 bits per heavy atom. The minimum absolute atomic E-state index is 0.0870. The van der Waals surface area contributed by atoms with Crippen molar-refractivity contribution in [2.24, 2.45) is 40.4 Å². The molecule has 2 heteroatoms. The van der Waals surface area contributed by atoms with Crippen molar-refractivity contribution in [3.8, 4) is 0 Å². The lowest BCUT2D eigenvalue weighted by Crippen LogP contribution is -2.50. The van der Waals surface area contributed by atoms with Crippen molar-refractivity contribution in [3.63, 3.8) is 0 Å². The van der Waals surface area contributed by atoms with Crippen molar-refractivity contribution in [1.29, 1.82) is 0 Å². The van der Waals surface area contributed by atoms with E-state index in [1.165, 1.54) is 77.0 Å². The molecule has 4 aliphatic carbocycles. The molecule has 0 amide bonds. The van der Waals surface area contributed by atoms with Crippen LogP contribution in [0.15, 0.2) is 11.6 Å². The standard InChI is InChI=1S/C30H50O2/c1-5-30(15-6-7-19-32-30)18-12-21(2)25-10-11-26-24-9-8-22-20-23(31)13-16-28(22,3)27(24)14-17-29(25,26)4/h8,21,23-27,31H,5-7,9-20H2,1-4H3/t21-,23+,24+,25-,26+,27+,28+,29-,30?/m1/s1. The molecule has 0 aromatic rings. The van der Waals surface area contributed by atoms with E-state index in [0.29, 0.717) is 10.8 Å². The zero-order chi connectivity index (χ0) is 22.6. The molecule has 1 saturated heterocycles. The SMILES string of the molecule is CCC1(CC[C@@H](C)[C@H]2CC[C@H]3[C@@H]4CC=C5C[C@@H](O)CC[C@]5(C)[C@H]4CC[C@]23C)CCCCO1. The molecular weight excluding hydrogens is 392 g/mol. The van der Waals surface area contributed by atoms with E-state index in [2.05, 4.69) is 33.8 Å². The largest absolute Gasteiger partial charge is 0.393 e. The normalized spacial score (nSPS) is 49.5. The van der Waals surface area contributed by atoms with Crippen molar-refractivity contribution in [3.05, 3.63) is 11.6 Å². The Morgan fingerprint density at radius 3 is 2.66 bits per heavy atom. The monoisotopic (exact) mass is 442 g/mol. The highest BCUT2D eigenvalue weighted by Crippen LogP contribution is 2.67. The van der Waals surface area contributed by atoms with E-state index in [9.17, 15) is 5.11 Å². The fourth-order valence-corrected chi connectivity index (χ4v) is 9.87. The molecule has 0 aromatic carbocycles. The van der Waals surface area contributed by atoms with Gasteiger partial charge in [0.15, 0.2) is 0 Å². The summed E-state index contributed by atoms with van der Waals surface area (Å²) in [5.41, 5.74) is 2.72. The third kappa shape index (κ3) is 3.74. The predicted molar refractivity (Wildman–Crippen MR) is 132 cm³/mol. The van der Waals surface area contributed by atoms with Gasteiger partial charge in [0.25, 0.3) is 0 Å². The molecule has 4 fully saturated rings. The van der Waals surface area contributed by atoms with E-state index in [0.717, 1.165) is 49.0 Å². The van der Waals surface area contributed by atoms with Crippen LogP contribution in [0.4, 0.5) is 0 Å². The highest BCUT2D eigenvalue weighted by molar-refractivity contribution is 5.25. The lowest BCUT2D eigenvalue weighted by atomic mass is 9.47. The predicted octanol–water partition coefficient (Wildman–Crippen LogP) is 7.69. The zero-order valence-electron chi connectivity index (χ0n) is 21.5. The smallest absolute Gasteiger partial charge is 0.0680 e. The molecule has 3 saturated carbocycles. The Bertz CT molecular complexity index is 706. The van der Waals surface area contributed by atoms with E-state index < -0.39 is 0 Å². The summed E-state index contributed by atoms with van der Waals surface area (Å²) in [6.45, 7) is 11.2. The highest BCUT2D eigenvalue weighted by Gasteiger charge is 2.59. The molecule has 0 aromatic heterocycles. The van der Waals surface area contributed by atoms with Crippen molar-refractivity contribution < 1.29 is 9.84 Å². The van der Waals surface area contributed by atoms with Crippen LogP contribution in [-0.2, 0) is 4.74 Å². The van der Waals surface area contributed by atoms with Gasteiger partial charge in [0, 0.05) is 6.61 Å². The van der Waals surface area contributed by atoms with Gasteiger partial charge in [-0.25, -0.2) is 0 Å². The van der Waals surface area contributed by atoms with Crippen LogP contribution < -0.4 is 0 Å². The fourth-order valence-electron chi connectivity index (χ4n) is 9.87. The number of fused-ring (bicyclic) bond motifs is 5. The maximum atomic E-state index is 10.3. The summed E-state index contributed by atoms with van der Waals surface area (Å²) >= 11 is 0. The molecule has 0 bridgehead atoms. The summed E-state index contributed by atoms with van der Waals surface area (Å²) in [4.78, 5) is 0. The summed E-state index contributed by atoms with van der Waals surface area (Å²) in [6, 6.07) is 0. The first kappa shape index (κ1) is 23.4. The van der Waals surface area contributed by atoms with Gasteiger partial charge >= 0.3 is 0 Å². The van der Waals surface area contributed by atoms with E-state index >= 15 is 0 Å². The second-order valence-corrected chi connectivity index (χ2v) is 13.2. The van der Waals surface area contributed by atoms with E-state index in [1.807, 2.05) is 0 Å². The summed E-state index contributed by atoms with van der Waals surface area (Å²) in [7, 11) is 0. The van der Waals surface area contributed by atoms with E-state index in [-0.39, 0.29) is 11.7 Å². The van der Waals surface area contributed by atoms with Crippen LogP contribution in [0.2, 0.25) is 0 Å². The number of hydrogen-bond donors (Lipinski definition) is 1. The number of hydrogen-bond acceptors (Lipinski definition) is 2. The number of ether oxygens (including phenoxy) is 1. The summed E-state index contributed by atoms with van der Waals surface area (Å²) in [5, 5.41) is 10.3. The quantitative estimate of drug-likeness (QED) is 0.442. The van der Waals surface area contributed by atoms with Crippen LogP contribution in [0, 0.1) is 40.4 Å². The number of aliphatic hydroxyl groups excluding tert-OH is 1. The van der Waals surface area contributed by atoms with Crippen LogP contribution in [0.5, 0.6) is 0 Å². The van der Waals surface area contributed by atoms with Crippen LogP contribution >= 0.6 is 0 Å². The summed E-state index contributed by atoms with van der Waals surface area (Å²) < 4.78 is 6.37.